The van der Waals surface area contributed by atoms with E-state index in [4.69, 9.17) is 5.14 Å². The fraction of sp³-hybridized carbons (Fsp3) is 0.0625. The third-order valence-corrected chi connectivity index (χ3v) is 4.39. The van der Waals surface area contributed by atoms with Crippen LogP contribution in [-0.2, 0) is 10.0 Å². The lowest BCUT2D eigenvalue weighted by atomic mass is 10.1. The van der Waals surface area contributed by atoms with E-state index in [9.17, 15) is 17.2 Å². The van der Waals surface area contributed by atoms with Gasteiger partial charge in [0.15, 0.2) is 0 Å². The lowest BCUT2D eigenvalue weighted by Gasteiger charge is -2.10. The number of sulfonamides is 1. The molecular formula is C16H13F2N3O2S. The van der Waals surface area contributed by atoms with Crippen LogP contribution in [0.25, 0.3) is 16.9 Å². The molecule has 1 heterocycles. The van der Waals surface area contributed by atoms with Crippen molar-refractivity contribution in [3.63, 3.8) is 0 Å². The molecule has 0 radical (unpaired) electrons. The molecule has 0 aliphatic carbocycles. The number of hydrogen-bond donors (Lipinski definition) is 1. The van der Waals surface area contributed by atoms with Gasteiger partial charge in [-0.1, -0.05) is 36.4 Å². The fourth-order valence-corrected chi connectivity index (χ4v) is 3.14. The predicted molar refractivity (Wildman–Crippen MR) is 85.3 cm³/mol. The molecule has 124 valence electrons. The summed E-state index contributed by atoms with van der Waals surface area (Å²) in [5.74, 6) is 0. The van der Waals surface area contributed by atoms with Gasteiger partial charge in [0.05, 0.1) is 16.3 Å². The first kappa shape index (κ1) is 16.3. The van der Waals surface area contributed by atoms with Crippen LogP contribution >= 0.6 is 0 Å². The van der Waals surface area contributed by atoms with Crippen molar-refractivity contribution in [3.05, 3.63) is 66.4 Å². The molecule has 1 aromatic heterocycles. The molecule has 0 aliphatic heterocycles. The zero-order chi connectivity index (χ0) is 17.3. The predicted octanol–water partition coefficient (Wildman–Crippen LogP) is 3.12. The maximum absolute atomic E-state index is 13.1. The van der Waals surface area contributed by atoms with Crippen molar-refractivity contribution in [3.8, 4) is 16.9 Å². The van der Waals surface area contributed by atoms with Crippen molar-refractivity contribution in [2.75, 3.05) is 0 Å². The number of nitrogens with two attached hydrogens (primary N) is 1. The van der Waals surface area contributed by atoms with Crippen LogP contribution in [0.5, 0.6) is 0 Å². The second kappa shape index (κ2) is 6.14. The summed E-state index contributed by atoms with van der Waals surface area (Å²) < 4.78 is 51.1. The number of hydrogen-bond acceptors (Lipinski definition) is 3. The summed E-state index contributed by atoms with van der Waals surface area (Å²) in [4.78, 5) is -0.150. The Labute approximate surface area is 137 Å². The van der Waals surface area contributed by atoms with Gasteiger partial charge >= 0.3 is 0 Å². The third kappa shape index (κ3) is 3.06. The van der Waals surface area contributed by atoms with Crippen molar-refractivity contribution in [2.45, 2.75) is 11.3 Å². The first-order chi connectivity index (χ1) is 11.4. The molecule has 0 spiro atoms. The van der Waals surface area contributed by atoms with Gasteiger partial charge in [-0.15, -0.1) is 0 Å². The number of primary sulfonamides is 1. The van der Waals surface area contributed by atoms with Crippen molar-refractivity contribution in [1.82, 2.24) is 9.78 Å². The molecule has 0 saturated carbocycles. The van der Waals surface area contributed by atoms with Gasteiger partial charge in [-0.25, -0.2) is 27.0 Å². The number of benzene rings is 2. The Morgan fingerprint density at radius 3 is 2.25 bits per heavy atom. The number of aromatic nitrogens is 2. The smallest absolute Gasteiger partial charge is 0.233 e. The minimum atomic E-state index is -4.02. The largest absolute Gasteiger partial charge is 0.282 e. The van der Waals surface area contributed by atoms with Gasteiger partial charge in [-0.2, -0.15) is 5.10 Å². The Balaban J connectivity index is 2.30. The van der Waals surface area contributed by atoms with Crippen molar-refractivity contribution in [1.29, 1.82) is 0 Å². The summed E-state index contributed by atoms with van der Waals surface area (Å²) in [6.07, 6.45) is -2.78. The molecule has 0 aliphatic rings. The standard InChI is InChI=1S/C16H13F2N3O2S/c17-16(18)13-10-14(21(20-13)11-6-2-1-3-7-11)12-8-4-5-9-15(12)24(19,22)23/h1-10,16H,(H2,19,22,23). The molecule has 3 rings (SSSR count). The van der Waals surface area contributed by atoms with Gasteiger partial charge in [0, 0.05) is 5.56 Å². The van der Waals surface area contributed by atoms with E-state index >= 15 is 0 Å². The number of halogens is 2. The van der Waals surface area contributed by atoms with Crippen LogP contribution < -0.4 is 5.14 Å². The summed E-state index contributed by atoms with van der Waals surface area (Å²) in [5, 5.41) is 9.16. The molecule has 5 nitrogen and oxygen atoms in total. The fourth-order valence-electron chi connectivity index (χ4n) is 2.39. The summed E-state index contributed by atoms with van der Waals surface area (Å²) >= 11 is 0. The summed E-state index contributed by atoms with van der Waals surface area (Å²) in [6.45, 7) is 0. The van der Waals surface area contributed by atoms with Crippen LogP contribution in [0.15, 0.2) is 65.6 Å². The Bertz CT molecular complexity index is 970. The normalized spacial score (nSPS) is 11.8. The number of para-hydroxylation sites is 1. The molecule has 0 saturated heterocycles. The van der Waals surface area contributed by atoms with Crippen LogP contribution in [0, 0.1) is 0 Å². The van der Waals surface area contributed by atoms with Gasteiger partial charge in [-0.05, 0) is 24.3 Å². The minimum absolute atomic E-state index is 0.150. The Hall–Kier alpha value is -2.58. The second-order valence-electron chi connectivity index (χ2n) is 5.04. The Morgan fingerprint density at radius 1 is 1.00 bits per heavy atom. The highest BCUT2D eigenvalue weighted by Crippen LogP contribution is 2.31. The van der Waals surface area contributed by atoms with Crippen molar-refractivity contribution in [2.24, 2.45) is 5.14 Å². The maximum atomic E-state index is 13.1. The molecule has 8 heteroatoms. The molecular weight excluding hydrogens is 336 g/mol. The van der Waals surface area contributed by atoms with Gasteiger partial charge in [-0.3, -0.25) is 0 Å². The van der Waals surface area contributed by atoms with Gasteiger partial charge in [0.1, 0.15) is 5.69 Å². The Kier molecular flexibility index (Phi) is 4.16. The van der Waals surface area contributed by atoms with E-state index < -0.39 is 22.1 Å². The van der Waals surface area contributed by atoms with E-state index in [-0.39, 0.29) is 16.2 Å². The molecule has 2 aromatic carbocycles. The highest BCUT2D eigenvalue weighted by Gasteiger charge is 2.22. The first-order valence-electron chi connectivity index (χ1n) is 6.93. The molecule has 3 aromatic rings. The highest BCUT2D eigenvalue weighted by molar-refractivity contribution is 7.89. The maximum Gasteiger partial charge on any atom is 0.282 e. The molecule has 0 bridgehead atoms. The van der Waals surface area contributed by atoms with Crippen LogP contribution in [0.4, 0.5) is 8.78 Å². The highest BCUT2D eigenvalue weighted by atomic mass is 32.2. The van der Waals surface area contributed by atoms with Crippen LogP contribution in [0.1, 0.15) is 12.1 Å². The topological polar surface area (TPSA) is 78.0 Å². The van der Waals surface area contributed by atoms with E-state index in [2.05, 4.69) is 5.10 Å². The third-order valence-electron chi connectivity index (χ3n) is 3.42. The zero-order valence-electron chi connectivity index (χ0n) is 12.3. The van der Waals surface area contributed by atoms with Gasteiger partial charge in [0.25, 0.3) is 6.43 Å². The average molecular weight is 349 g/mol. The van der Waals surface area contributed by atoms with E-state index in [1.165, 1.54) is 28.9 Å². The molecule has 0 atom stereocenters. The minimum Gasteiger partial charge on any atom is -0.233 e. The van der Waals surface area contributed by atoms with Gasteiger partial charge < -0.3 is 0 Å². The molecule has 2 N–H and O–H groups in total. The van der Waals surface area contributed by atoms with Crippen molar-refractivity contribution < 1.29 is 17.2 Å². The van der Waals surface area contributed by atoms with Crippen LogP contribution in [0.2, 0.25) is 0 Å². The van der Waals surface area contributed by atoms with E-state index in [0.29, 0.717) is 5.69 Å². The molecule has 0 amide bonds. The van der Waals surface area contributed by atoms with E-state index in [1.54, 1.807) is 36.4 Å². The average Bonchev–Trinajstić information content (AvgIpc) is 3.00. The lowest BCUT2D eigenvalue weighted by Crippen LogP contribution is -2.14. The zero-order valence-corrected chi connectivity index (χ0v) is 13.1. The second-order valence-corrected chi connectivity index (χ2v) is 6.57. The quantitative estimate of drug-likeness (QED) is 0.786. The number of alkyl halides is 2. The SMILES string of the molecule is NS(=O)(=O)c1ccccc1-c1cc(C(F)F)nn1-c1ccccc1. The van der Waals surface area contributed by atoms with Crippen molar-refractivity contribution >= 4 is 10.0 Å². The Morgan fingerprint density at radius 2 is 1.62 bits per heavy atom. The monoisotopic (exact) mass is 349 g/mol. The van der Waals surface area contributed by atoms with Crippen LogP contribution in [0.3, 0.4) is 0 Å². The molecule has 0 fully saturated rings. The van der Waals surface area contributed by atoms with E-state index in [0.717, 1.165) is 0 Å². The van der Waals surface area contributed by atoms with Crippen LogP contribution in [-0.4, -0.2) is 18.2 Å². The van der Waals surface area contributed by atoms with Gasteiger partial charge in [0.2, 0.25) is 10.0 Å². The molecule has 24 heavy (non-hydrogen) atoms. The van der Waals surface area contributed by atoms with E-state index in [1.807, 2.05) is 0 Å². The number of nitrogens with zero attached hydrogens (tertiary/aromatic N) is 2. The lowest BCUT2D eigenvalue weighted by molar-refractivity contribution is 0.145. The summed E-state index contributed by atoms with van der Waals surface area (Å²) in [7, 11) is -4.02. The summed E-state index contributed by atoms with van der Waals surface area (Å²) in [6, 6.07) is 15.7. The number of rotatable bonds is 4. The summed E-state index contributed by atoms with van der Waals surface area (Å²) in [5.41, 5.74) is 0.520. The molecule has 0 unspecified atom stereocenters. The first-order valence-corrected chi connectivity index (χ1v) is 8.48.